The Morgan fingerprint density at radius 1 is 0.958 bits per heavy atom. The molecule has 3 N–H and O–H groups in total. The van der Waals surface area contributed by atoms with Gasteiger partial charge in [0.1, 0.15) is 0 Å². The summed E-state index contributed by atoms with van der Waals surface area (Å²) in [6.07, 6.45) is 12.7. The molecule has 5 nitrogen and oxygen atoms in total. The van der Waals surface area contributed by atoms with Gasteiger partial charge in [-0.15, -0.1) is 0 Å². The van der Waals surface area contributed by atoms with Crippen molar-refractivity contribution >= 4 is 6.03 Å². The fourth-order valence-corrected chi connectivity index (χ4v) is 4.74. The van der Waals surface area contributed by atoms with E-state index in [0.29, 0.717) is 6.04 Å². The molecule has 1 atom stereocenters. The lowest BCUT2D eigenvalue weighted by atomic mass is 9.89. The van der Waals surface area contributed by atoms with Gasteiger partial charge in [-0.25, -0.2) is 4.79 Å². The SMILES string of the molecule is O=C(NCC1CCCN1CC1CCCCC1)NC1CCC(O)CC1. The highest BCUT2D eigenvalue weighted by Gasteiger charge is 2.28. The van der Waals surface area contributed by atoms with E-state index in [-0.39, 0.29) is 18.2 Å². The van der Waals surface area contributed by atoms with E-state index in [9.17, 15) is 9.90 Å². The first kappa shape index (κ1) is 18.0. The van der Waals surface area contributed by atoms with Gasteiger partial charge in [0.15, 0.2) is 0 Å². The molecule has 2 aliphatic carbocycles. The predicted octanol–water partition coefficient (Wildman–Crippen LogP) is 2.63. The second-order valence-electron chi connectivity index (χ2n) is 8.15. The van der Waals surface area contributed by atoms with Gasteiger partial charge in [-0.1, -0.05) is 19.3 Å². The van der Waals surface area contributed by atoms with Crippen molar-refractivity contribution in [1.82, 2.24) is 15.5 Å². The number of nitrogens with zero attached hydrogens (tertiary/aromatic N) is 1. The van der Waals surface area contributed by atoms with Crippen molar-refractivity contribution in [2.24, 2.45) is 5.92 Å². The maximum absolute atomic E-state index is 12.1. The third kappa shape index (κ3) is 5.35. The quantitative estimate of drug-likeness (QED) is 0.722. The molecule has 3 aliphatic rings. The first-order valence-corrected chi connectivity index (χ1v) is 10.2. The van der Waals surface area contributed by atoms with Crippen molar-refractivity contribution in [2.75, 3.05) is 19.6 Å². The van der Waals surface area contributed by atoms with Crippen LogP contribution >= 0.6 is 0 Å². The van der Waals surface area contributed by atoms with Gasteiger partial charge in [-0.3, -0.25) is 4.90 Å². The van der Waals surface area contributed by atoms with E-state index < -0.39 is 0 Å². The molecule has 3 rings (SSSR count). The van der Waals surface area contributed by atoms with Gasteiger partial charge in [0.05, 0.1) is 6.10 Å². The van der Waals surface area contributed by atoms with E-state index >= 15 is 0 Å². The number of aliphatic hydroxyl groups excluding tert-OH is 1. The summed E-state index contributed by atoms with van der Waals surface area (Å²) in [4.78, 5) is 14.8. The number of carbonyl (C=O) groups excluding carboxylic acids is 1. The summed E-state index contributed by atoms with van der Waals surface area (Å²) < 4.78 is 0. The first-order valence-electron chi connectivity index (χ1n) is 10.2. The molecule has 0 aromatic carbocycles. The second-order valence-corrected chi connectivity index (χ2v) is 8.15. The number of nitrogens with one attached hydrogen (secondary N) is 2. The summed E-state index contributed by atoms with van der Waals surface area (Å²) in [5.74, 6) is 0.877. The average molecular weight is 338 g/mol. The summed E-state index contributed by atoms with van der Waals surface area (Å²) in [6.45, 7) is 3.20. The van der Waals surface area contributed by atoms with E-state index in [1.807, 2.05) is 0 Å². The summed E-state index contributed by atoms with van der Waals surface area (Å²) in [5, 5.41) is 15.7. The van der Waals surface area contributed by atoms with Crippen LogP contribution in [0.15, 0.2) is 0 Å². The number of carbonyl (C=O) groups is 1. The van der Waals surface area contributed by atoms with Crippen molar-refractivity contribution in [1.29, 1.82) is 0 Å². The van der Waals surface area contributed by atoms with Crippen molar-refractivity contribution in [3.8, 4) is 0 Å². The molecule has 2 saturated carbocycles. The van der Waals surface area contributed by atoms with Crippen LogP contribution in [0.1, 0.15) is 70.6 Å². The van der Waals surface area contributed by atoms with Crippen LogP contribution in [0.2, 0.25) is 0 Å². The Morgan fingerprint density at radius 3 is 2.46 bits per heavy atom. The fraction of sp³-hybridized carbons (Fsp3) is 0.947. The molecule has 0 bridgehead atoms. The normalized spacial score (nSPS) is 32.6. The standard InChI is InChI=1S/C19H35N3O2/c23-18-10-8-16(9-11-18)21-19(24)20-13-17-7-4-12-22(17)14-15-5-2-1-3-6-15/h15-18,23H,1-14H2,(H2,20,21,24). The Morgan fingerprint density at radius 2 is 1.71 bits per heavy atom. The Labute approximate surface area is 146 Å². The van der Waals surface area contributed by atoms with E-state index in [4.69, 9.17) is 0 Å². The number of hydrogen-bond acceptors (Lipinski definition) is 3. The molecule has 24 heavy (non-hydrogen) atoms. The zero-order valence-electron chi connectivity index (χ0n) is 15.0. The van der Waals surface area contributed by atoms with Crippen LogP contribution in [0.3, 0.4) is 0 Å². The van der Waals surface area contributed by atoms with Crippen molar-refractivity contribution in [2.45, 2.75) is 88.8 Å². The first-order chi connectivity index (χ1) is 11.7. The summed E-state index contributed by atoms with van der Waals surface area (Å²) >= 11 is 0. The molecule has 0 aromatic heterocycles. The summed E-state index contributed by atoms with van der Waals surface area (Å²) in [5.41, 5.74) is 0. The van der Waals surface area contributed by atoms with Gasteiger partial charge >= 0.3 is 6.03 Å². The molecule has 1 unspecified atom stereocenters. The molecule has 0 spiro atoms. The monoisotopic (exact) mass is 337 g/mol. The van der Waals surface area contributed by atoms with Crippen LogP contribution < -0.4 is 10.6 Å². The van der Waals surface area contributed by atoms with E-state index in [2.05, 4.69) is 15.5 Å². The Hall–Kier alpha value is -0.810. The lowest BCUT2D eigenvalue weighted by Gasteiger charge is -2.31. The van der Waals surface area contributed by atoms with Gasteiger partial charge in [0.25, 0.3) is 0 Å². The minimum Gasteiger partial charge on any atom is -0.393 e. The smallest absolute Gasteiger partial charge is 0.315 e. The van der Waals surface area contributed by atoms with E-state index in [1.165, 1.54) is 58.0 Å². The molecule has 1 heterocycles. The topological polar surface area (TPSA) is 64.6 Å². The predicted molar refractivity (Wildman–Crippen MR) is 96.0 cm³/mol. The number of likely N-dealkylation sites (tertiary alicyclic amines) is 1. The third-order valence-corrected chi connectivity index (χ3v) is 6.25. The van der Waals surface area contributed by atoms with E-state index in [0.717, 1.165) is 38.1 Å². The van der Waals surface area contributed by atoms with Crippen LogP contribution in [0, 0.1) is 5.92 Å². The molecular formula is C19H35N3O2. The number of rotatable bonds is 5. The molecular weight excluding hydrogens is 302 g/mol. The van der Waals surface area contributed by atoms with Gasteiger partial charge in [0.2, 0.25) is 0 Å². The third-order valence-electron chi connectivity index (χ3n) is 6.25. The molecule has 1 aliphatic heterocycles. The number of amides is 2. The number of urea groups is 1. The highest BCUT2D eigenvalue weighted by molar-refractivity contribution is 5.74. The van der Waals surface area contributed by atoms with E-state index in [1.54, 1.807) is 0 Å². The Bertz CT molecular complexity index is 390. The maximum atomic E-state index is 12.1. The Kier molecular flexibility index (Phi) is 6.78. The van der Waals surface area contributed by atoms with Crippen molar-refractivity contribution in [3.05, 3.63) is 0 Å². The van der Waals surface area contributed by atoms with Crippen LogP contribution in [0.4, 0.5) is 4.79 Å². The van der Waals surface area contributed by atoms with Crippen LogP contribution in [-0.4, -0.2) is 53.9 Å². The lowest BCUT2D eigenvalue weighted by Crippen LogP contribution is -2.48. The highest BCUT2D eigenvalue weighted by atomic mass is 16.3. The van der Waals surface area contributed by atoms with Gasteiger partial charge < -0.3 is 15.7 Å². The molecule has 0 aromatic rings. The zero-order chi connectivity index (χ0) is 16.8. The summed E-state index contributed by atoms with van der Waals surface area (Å²) in [6, 6.07) is 0.724. The fourth-order valence-electron chi connectivity index (χ4n) is 4.74. The van der Waals surface area contributed by atoms with Crippen LogP contribution in [0.5, 0.6) is 0 Å². The lowest BCUT2D eigenvalue weighted by molar-refractivity contribution is 0.117. The minimum absolute atomic E-state index is 0.0269. The molecule has 3 fully saturated rings. The molecule has 1 saturated heterocycles. The summed E-state index contributed by atoms with van der Waals surface area (Å²) in [7, 11) is 0. The molecule has 138 valence electrons. The van der Waals surface area contributed by atoms with Gasteiger partial charge in [-0.2, -0.15) is 0 Å². The Balaban J connectivity index is 1.36. The average Bonchev–Trinajstić information content (AvgIpc) is 3.03. The van der Waals surface area contributed by atoms with Crippen molar-refractivity contribution in [3.63, 3.8) is 0 Å². The largest absolute Gasteiger partial charge is 0.393 e. The maximum Gasteiger partial charge on any atom is 0.315 e. The molecule has 5 heteroatoms. The van der Waals surface area contributed by atoms with Crippen LogP contribution in [-0.2, 0) is 0 Å². The van der Waals surface area contributed by atoms with Gasteiger partial charge in [0, 0.05) is 25.2 Å². The minimum atomic E-state index is -0.169. The van der Waals surface area contributed by atoms with Crippen molar-refractivity contribution < 1.29 is 9.90 Å². The highest BCUT2D eigenvalue weighted by Crippen LogP contribution is 2.27. The molecule has 2 amide bonds. The van der Waals surface area contributed by atoms with Crippen LogP contribution in [0.25, 0.3) is 0 Å². The number of aliphatic hydroxyl groups is 1. The molecule has 0 radical (unpaired) electrons. The van der Waals surface area contributed by atoms with Gasteiger partial charge in [-0.05, 0) is 63.8 Å². The second kappa shape index (κ2) is 9.04. The zero-order valence-corrected chi connectivity index (χ0v) is 15.0. The number of hydrogen-bond donors (Lipinski definition) is 3.